The van der Waals surface area contributed by atoms with Crippen molar-refractivity contribution in [2.45, 2.75) is 6.61 Å². The number of imide groups is 1. The lowest BCUT2D eigenvalue weighted by molar-refractivity contribution is -0.113. The number of para-hydroxylation sites is 1. The molecule has 0 unspecified atom stereocenters. The maximum absolute atomic E-state index is 12.5. The fourth-order valence-electron chi connectivity index (χ4n) is 2.39. The van der Waals surface area contributed by atoms with Gasteiger partial charge in [0.1, 0.15) is 0 Å². The number of alkyl halides is 2. The van der Waals surface area contributed by atoms with Crippen LogP contribution in [0.3, 0.4) is 0 Å². The van der Waals surface area contributed by atoms with E-state index in [9.17, 15) is 18.4 Å². The van der Waals surface area contributed by atoms with E-state index >= 15 is 0 Å². The molecule has 3 rings (SSSR count). The first-order chi connectivity index (χ1) is 12.5. The molecule has 0 aliphatic carbocycles. The molecule has 0 bridgehead atoms. The zero-order valence-electron chi connectivity index (χ0n) is 13.5. The summed E-state index contributed by atoms with van der Waals surface area (Å²) in [5.74, 6) is -0.462. The lowest BCUT2D eigenvalue weighted by Crippen LogP contribution is -2.27. The van der Waals surface area contributed by atoms with Gasteiger partial charge in [-0.3, -0.25) is 9.59 Å². The van der Waals surface area contributed by atoms with Gasteiger partial charge in [-0.1, -0.05) is 24.3 Å². The Bertz CT molecular complexity index is 871. The number of amides is 2. The molecule has 2 aromatic carbocycles. The van der Waals surface area contributed by atoms with Crippen LogP contribution in [-0.4, -0.2) is 24.9 Å². The highest BCUT2D eigenvalue weighted by Crippen LogP contribution is 2.37. The predicted octanol–water partition coefficient (Wildman–Crippen LogP) is 4.54. The topological polar surface area (TPSA) is 55.8 Å². The molecule has 26 heavy (non-hydrogen) atoms. The number of methoxy groups -OCH3 is 1. The summed E-state index contributed by atoms with van der Waals surface area (Å²) >= 11 is 0.806. The molecule has 2 aromatic rings. The Hall–Kier alpha value is -2.87. The lowest BCUT2D eigenvalue weighted by atomic mass is 10.2. The van der Waals surface area contributed by atoms with Crippen molar-refractivity contribution >= 4 is 34.7 Å². The molecule has 0 saturated carbocycles. The van der Waals surface area contributed by atoms with Crippen LogP contribution in [0.1, 0.15) is 5.56 Å². The molecule has 0 spiro atoms. The second-order valence-corrected chi connectivity index (χ2v) is 6.13. The average Bonchev–Trinajstić information content (AvgIpc) is 2.90. The van der Waals surface area contributed by atoms with Gasteiger partial charge in [0.05, 0.1) is 17.7 Å². The Balaban J connectivity index is 1.89. The third kappa shape index (κ3) is 3.70. The van der Waals surface area contributed by atoms with E-state index in [-0.39, 0.29) is 16.4 Å². The second kappa shape index (κ2) is 7.57. The first-order valence-electron chi connectivity index (χ1n) is 7.45. The van der Waals surface area contributed by atoms with Crippen LogP contribution in [0.25, 0.3) is 6.08 Å². The van der Waals surface area contributed by atoms with E-state index in [0.29, 0.717) is 11.3 Å². The quantitative estimate of drug-likeness (QED) is 0.716. The molecule has 1 saturated heterocycles. The number of rotatable bonds is 5. The first-order valence-corrected chi connectivity index (χ1v) is 8.27. The Morgan fingerprint density at radius 3 is 2.46 bits per heavy atom. The summed E-state index contributed by atoms with van der Waals surface area (Å²) < 4.78 is 34.2. The van der Waals surface area contributed by atoms with Crippen LogP contribution in [0.2, 0.25) is 0 Å². The molecule has 0 radical (unpaired) electrons. The smallest absolute Gasteiger partial charge is 0.387 e. The minimum atomic E-state index is -2.97. The summed E-state index contributed by atoms with van der Waals surface area (Å²) in [7, 11) is 1.32. The molecule has 1 fully saturated rings. The highest BCUT2D eigenvalue weighted by atomic mass is 32.2. The Morgan fingerprint density at radius 1 is 1.08 bits per heavy atom. The summed E-state index contributed by atoms with van der Waals surface area (Å²) in [6.07, 6.45) is 1.50. The molecule has 0 N–H and O–H groups in total. The lowest BCUT2D eigenvalue weighted by Gasteiger charge is -2.12. The molecular weight excluding hydrogens is 364 g/mol. The fraction of sp³-hybridized carbons (Fsp3) is 0.111. The van der Waals surface area contributed by atoms with Gasteiger partial charge in [0.2, 0.25) is 0 Å². The molecule has 1 aliphatic rings. The summed E-state index contributed by atoms with van der Waals surface area (Å²) in [6, 6.07) is 12.8. The van der Waals surface area contributed by atoms with Crippen molar-refractivity contribution in [3.8, 4) is 11.5 Å². The van der Waals surface area contributed by atoms with E-state index in [1.807, 2.05) is 0 Å². The molecule has 1 aliphatic heterocycles. The number of ether oxygens (including phenoxy) is 2. The number of anilines is 1. The van der Waals surface area contributed by atoms with Crippen LogP contribution in [0.5, 0.6) is 11.5 Å². The third-order valence-electron chi connectivity index (χ3n) is 3.51. The molecule has 5 nitrogen and oxygen atoms in total. The maximum atomic E-state index is 12.5. The number of carbonyl (C=O) groups is 2. The number of hydrogen-bond acceptors (Lipinski definition) is 5. The minimum Gasteiger partial charge on any atom is -0.493 e. The van der Waals surface area contributed by atoms with Crippen molar-refractivity contribution in [2.24, 2.45) is 0 Å². The van der Waals surface area contributed by atoms with E-state index in [0.717, 1.165) is 16.7 Å². The minimum absolute atomic E-state index is 0.0985. The van der Waals surface area contributed by atoms with Gasteiger partial charge in [-0.25, -0.2) is 4.90 Å². The van der Waals surface area contributed by atoms with Crippen LogP contribution in [0.15, 0.2) is 53.4 Å². The number of thioether (sulfide) groups is 1. The first kappa shape index (κ1) is 17.9. The van der Waals surface area contributed by atoms with Gasteiger partial charge in [-0.2, -0.15) is 8.78 Å². The maximum Gasteiger partial charge on any atom is 0.387 e. The van der Waals surface area contributed by atoms with Crippen LogP contribution in [-0.2, 0) is 4.79 Å². The van der Waals surface area contributed by atoms with Crippen molar-refractivity contribution in [3.63, 3.8) is 0 Å². The Labute approximate surface area is 152 Å². The Kier molecular flexibility index (Phi) is 5.22. The number of nitrogens with zero attached hydrogens (tertiary/aromatic N) is 1. The van der Waals surface area contributed by atoms with Gasteiger partial charge in [-0.15, -0.1) is 0 Å². The van der Waals surface area contributed by atoms with Crippen molar-refractivity contribution in [2.75, 3.05) is 12.0 Å². The third-order valence-corrected chi connectivity index (χ3v) is 4.38. The zero-order valence-corrected chi connectivity index (χ0v) is 14.3. The molecule has 0 aromatic heterocycles. The van der Waals surface area contributed by atoms with Crippen molar-refractivity contribution in [1.82, 2.24) is 0 Å². The summed E-state index contributed by atoms with van der Waals surface area (Å²) in [5, 5.41) is -0.405. The number of halogens is 2. The highest BCUT2D eigenvalue weighted by Gasteiger charge is 2.36. The number of hydrogen-bond donors (Lipinski definition) is 0. The van der Waals surface area contributed by atoms with E-state index in [4.69, 9.17) is 4.74 Å². The zero-order chi connectivity index (χ0) is 18.7. The second-order valence-electron chi connectivity index (χ2n) is 5.14. The molecule has 2 amide bonds. The van der Waals surface area contributed by atoms with Gasteiger partial charge in [-0.05, 0) is 47.7 Å². The standard InChI is InChI=1S/C18H13F2NO4S/c1-24-14-9-11(7-8-13(14)25-17(19)20)10-15-16(22)21(18(23)26-15)12-5-3-2-4-6-12/h2-10,17H,1H3/b15-10+. The summed E-state index contributed by atoms with van der Waals surface area (Å²) in [6.45, 7) is -2.97. The van der Waals surface area contributed by atoms with Gasteiger partial charge in [0.15, 0.2) is 11.5 Å². The van der Waals surface area contributed by atoms with E-state index in [2.05, 4.69) is 4.74 Å². The van der Waals surface area contributed by atoms with Crippen LogP contribution < -0.4 is 14.4 Å². The van der Waals surface area contributed by atoms with E-state index in [1.54, 1.807) is 30.3 Å². The largest absolute Gasteiger partial charge is 0.493 e. The normalized spacial score (nSPS) is 15.8. The molecular formula is C18H13F2NO4S. The van der Waals surface area contributed by atoms with E-state index in [1.165, 1.54) is 31.4 Å². The predicted molar refractivity (Wildman–Crippen MR) is 94.5 cm³/mol. The van der Waals surface area contributed by atoms with Crippen LogP contribution in [0, 0.1) is 0 Å². The number of benzene rings is 2. The molecule has 1 heterocycles. The van der Waals surface area contributed by atoms with Gasteiger partial charge < -0.3 is 9.47 Å². The van der Waals surface area contributed by atoms with Crippen molar-refractivity contribution in [3.05, 3.63) is 59.0 Å². The van der Waals surface area contributed by atoms with E-state index < -0.39 is 17.8 Å². The highest BCUT2D eigenvalue weighted by molar-refractivity contribution is 8.19. The Morgan fingerprint density at radius 2 is 1.81 bits per heavy atom. The molecule has 8 heteroatoms. The SMILES string of the molecule is COc1cc(/C=C2/SC(=O)N(c3ccccc3)C2=O)ccc1OC(F)F. The van der Waals surface area contributed by atoms with Gasteiger partial charge >= 0.3 is 6.61 Å². The van der Waals surface area contributed by atoms with Crippen molar-refractivity contribution < 1.29 is 27.8 Å². The molecule has 134 valence electrons. The number of carbonyl (C=O) groups excluding carboxylic acids is 2. The summed E-state index contributed by atoms with van der Waals surface area (Å²) in [4.78, 5) is 26.0. The fourth-order valence-corrected chi connectivity index (χ4v) is 3.23. The van der Waals surface area contributed by atoms with Crippen LogP contribution in [0.4, 0.5) is 19.3 Å². The van der Waals surface area contributed by atoms with Crippen molar-refractivity contribution in [1.29, 1.82) is 0 Å². The summed E-state index contributed by atoms with van der Waals surface area (Å²) in [5.41, 5.74) is 0.999. The van der Waals surface area contributed by atoms with Gasteiger partial charge in [0.25, 0.3) is 11.1 Å². The average molecular weight is 377 g/mol. The monoisotopic (exact) mass is 377 g/mol. The van der Waals surface area contributed by atoms with Gasteiger partial charge in [0, 0.05) is 0 Å². The molecule has 0 atom stereocenters. The van der Waals surface area contributed by atoms with Crippen LogP contribution >= 0.6 is 11.8 Å².